The van der Waals surface area contributed by atoms with Crippen LogP contribution in [0.4, 0.5) is 5.69 Å². The molecule has 7 heteroatoms. The van der Waals surface area contributed by atoms with E-state index in [4.69, 9.17) is 9.26 Å². The third-order valence-corrected chi connectivity index (χ3v) is 4.77. The maximum atomic E-state index is 12.7. The molecule has 0 radical (unpaired) electrons. The molecule has 0 saturated heterocycles. The van der Waals surface area contributed by atoms with Crippen LogP contribution in [-0.2, 0) is 22.4 Å². The van der Waals surface area contributed by atoms with Gasteiger partial charge in [0.1, 0.15) is 11.3 Å². The summed E-state index contributed by atoms with van der Waals surface area (Å²) in [5, 5.41) is 3.83. The number of rotatable bonds is 5. The number of Topliss-reactive ketones (excluding diaryl/α,β-unsaturated/α-hetero) is 1. The molecule has 3 rings (SSSR count). The largest absolute Gasteiger partial charge is 0.451 e. The zero-order valence-electron chi connectivity index (χ0n) is 15.9. The minimum absolute atomic E-state index is 0.0223. The van der Waals surface area contributed by atoms with Crippen molar-refractivity contribution in [1.29, 1.82) is 0 Å². The molecule has 0 unspecified atom stereocenters. The molecule has 2 aromatic rings. The summed E-state index contributed by atoms with van der Waals surface area (Å²) in [5.41, 5.74) is 3.02. The van der Waals surface area contributed by atoms with Gasteiger partial charge in [-0.2, -0.15) is 0 Å². The zero-order valence-corrected chi connectivity index (χ0v) is 15.9. The Bertz CT molecular complexity index is 915. The maximum Gasteiger partial charge on any atom is 0.344 e. The Morgan fingerprint density at radius 3 is 2.74 bits per heavy atom. The lowest BCUT2D eigenvalue weighted by Gasteiger charge is -2.16. The Balaban J connectivity index is 1.75. The van der Waals surface area contributed by atoms with E-state index in [-0.39, 0.29) is 17.3 Å². The number of esters is 1. The average molecular weight is 370 g/mol. The predicted octanol–water partition coefficient (Wildman–Crippen LogP) is 2.88. The number of anilines is 1. The van der Waals surface area contributed by atoms with E-state index in [1.54, 1.807) is 36.9 Å². The molecule has 1 aromatic carbocycles. The summed E-state index contributed by atoms with van der Waals surface area (Å²) in [6.07, 6.45) is 0.283. The van der Waals surface area contributed by atoms with Crippen molar-refractivity contribution in [3.05, 3.63) is 46.3 Å². The van der Waals surface area contributed by atoms with Gasteiger partial charge in [0.05, 0.1) is 5.69 Å². The highest BCUT2D eigenvalue weighted by atomic mass is 16.5. The Kier molecular flexibility index (Phi) is 5.12. The van der Waals surface area contributed by atoms with Gasteiger partial charge in [-0.25, -0.2) is 4.79 Å². The summed E-state index contributed by atoms with van der Waals surface area (Å²) in [7, 11) is 0. The van der Waals surface area contributed by atoms with E-state index in [9.17, 15) is 14.4 Å². The number of nitrogens with zero attached hydrogens (tertiary/aromatic N) is 2. The Morgan fingerprint density at radius 1 is 1.33 bits per heavy atom. The Labute approximate surface area is 157 Å². The molecular weight excluding hydrogens is 348 g/mol. The fourth-order valence-electron chi connectivity index (χ4n) is 3.31. The monoisotopic (exact) mass is 370 g/mol. The van der Waals surface area contributed by atoms with Gasteiger partial charge >= 0.3 is 5.97 Å². The van der Waals surface area contributed by atoms with Crippen LogP contribution in [0.25, 0.3) is 0 Å². The van der Waals surface area contributed by atoms with E-state index in [0.717, 1.165) is 11.3 Å². The standard InChI is InChI=1S/C20H22N2O5/c1-5-16-18(11(2)27-21-16)20(25)26-12(3)19(24)15-6-7-17-14(10-15)8-9-22(17)13(4)23/h6-7,10,12H,5,8-9H2,1-4H3/t12-/m1/s1. The molecule has 0 aliphatic carbocycles. The van der Waals surface area contributed by atoms with Crippen molar-refractivity contribution < 1.29 is 23.6 Å². The highest BCUT2D eigenvalue weighted by Gasteiger charge is 2.28. The molecule has 0 saturated carbocycles. The number of aryl methyl sites for hydroxylation is 2. The summed E-state index contributed by atoms with van der Waals surface area (Å²) in [6.45, 7) is 7.17. The van der Waals surface area contributed by atoms with Crippen LogP contribution in [0.2, 0.25) is 0 Å². The van der Waals surface area contributed by atoms with Gasteiger partial charge in [0.25, 0.3) is 0 Å². The van der Waals surface area contributed by atoms with Gasteiger partial charge in [-0.3, -0.25) is 9.59 Å². The van der Waals surface area contributed by atoms with Crippen molar-refractivity contribution in [2.45, 2.75) is 46.6 Å². The SMILES string of the molecule is CCc1noc(C)c1C(=O)O[C@H](C)C(=O)c1ccc2c(c1)CCN2C(C)=O. The molecule has 27 heavy (non-hydrogen) atoms. The van der Waals surface area contributed by atoms with Crippen LogP contribution < -0.4 is 4.90 Å². The smallest absolute Gasteiger partial charge is 0.344 e. The number of ether oxygens (including phenoxy) is 1. The molecule has 1 atom stereocenters. The van der Waals surface area contributed by atoms with E-state index >= 15 is 0 Å². The number of benzene rings is 1. The molecule has 1 aromatic heterocycles. The van der Waals surface area contributed by atoms with E-state index in [0.29, 0.717) is 36.4 Å². The van der Waals surface area contributed by atoms with E-state index in [1.165, 1.54) is 6.92 Å². The summed E-state index contributed by atoms with van der Waals surface area (Å²) in [4.78, 5) is 38.5. The second-order valence-electron chi connectivity index (χ2n) is 6.59. The van der Waals surface area contributed by atoms with Crippen molar-refractivity contribution in [1.82, 2.24) is 5.16 Å². The average Bonchev–Trinajstić information content (AvgIpc) is 3.23. The number of hydrogen-bond acceptors (Lipinski definition) is 6. The Hall–Kier alpha value is -2.96. The van der Waals surface area contributed by atoms with Crippen LogP contribution >= 0.6 is 0 Å². The third-order valence-electron chi connectivity index (χ3n) is 4.77. The second kappa shape index (κ2) is 7.34. The first-order valence-electron chi connectivity index (χ1n) is 8.94. The molecular formula is C20H22N2O5. The molecule has 142 valence electrons. The lowest BCUT2D eigenvalue weighted by atomic mass is 10.0. The molecule has 2 heterocycles. The molecule has 1 aliphatic heterocycles. The Morgan fingerprint density at radius 2 is 2.07 bits per heavy atom. The van der Waals surface area contributed by atoms with Crippen molar-refractivity contribution in [3.8, 4) is 0 Å². The first-order valence-corrected chi connectivity index (χ1v) is 8.94. The summed E-state index contributed by atoms with van der Waals surface area (Å²) in [6, 6.07) is 5.20. The van der Waals surface area contributed by atoms with Crippen LogP contribution in [0, 0.1) is 6.92 Å². The second-order valence-corrected chi connectivity index (χ2v) is 6.59. The lowest BCUT2D eigenvalue weighted by Crippen LogP contribution is -2.26. The highest BCUT2D eigenvalue weighted by molar-refractivity contribution is 6.03. The number of ketones is 1. The first kappa shape index (κ1) is 18.8. The quantitative estimate of drug-likeness (QED) is 0.594. The number of fused-ring (bicyclic) bond motifs is 1. The molecule has 1 amide bonds. The number of hydrogen-bond donors (Lipinski definition) is 0. The van der Waals surface area contributed by atoms with Crippen LogP contribution in [0.3, 0.4) is 0 Å². The van der Waals surface area contributed by atoms with Crippen molar-refractivity contribution in [2.24, 2.45) is 0 Å². The summed E-state index contributed by atoms with van der Waals surface area (Å²) >= 11 is 0. The van der Waals surface area contributed by atoms with Crippen LogP contribution in [0.5, 0.6) is 0 Å². The summed E-state index contributed by atoms with van der Waals surface area (Å²) in [5.74, 6) is -0.556. The van der Waals surface area contributed by atoms with Gasteiger partial charge in [0.2, 0.25) is 11.7 Å². The number of carbonyl (C=O) groups excluding carboxylic acids is 3. The van der Waals surface area contributed by atoms with Crippen molar-refractivity contribution in [2.75, 3.05) is 11.4 Å². The van der Waals surface area contributed by atoms with Gasteiger partial charge in [-0.15, -0.1) is 0 Å². The number of amides is 1. The number of aromatic nitrogens is 1. The zero-order chi connectivity index (χ0) is 19.7. The minimum Gasteiger partial charge on any atom is -0.451 e. The number of carbonyl (C=O) groups is 3. The van der Waals surface area contributed by atoms with E-state index in [2.05, 4.69) is 5.16 Å². The van der Waals surface area contributed by atoms with Crippen LogP contribution in [0.15, 0.2) is 22.7 Å². The molecule has 0 fully saturated rings. The van der Waals surface area contributed by atoms with Gasteiger partial charge in [0.15, 0.2) is 6.10 Å². The van der Waals surface area contributed by atoms with Gasteiger partial charge in [-0.1, -0.05) is 12.1 Å². The van der Waals surface area contributed by atoms with Crippen LogP contribution in [0.1, 0.15) is 58.5 Å². The fourth-order valence-corrected chi connectivity index (χ4v) is 3.31. The predicted molar refractivity (Wildman–Crippen MR) is 98.0 cm³/mol. The summed E-state index contributed by atoms with van der Waals surface area (Å²) < 4.78 is 10.4. The molecule has 0 N–H and O–H groups in total. The van der Waals surface area contributed by atoms with Crippen molar-refractivity contribution in [3.63, 3.8) is 0 Å². The normalized spacial score (nSPS) is 14.0. The molecule has 0 bridgehead atoms. The molecule has 1 aliphatic rings. The molecule has 0 spiro atoms. The first-order chi connectivity index (χ1) is 12.8. The third kappa shape index (κ3) is 3.49. The van der Waals surface area contributed by atoms with Gasteiger partial charge in [-0.05, 0) is 50.5 Å². The van der Waals surface area contributed by atoms with Gasteiger partial charge in [0, 0.05) is 24.7 Å². The lowest BCUT2D eigenvalue weighted by molar-refractivity contribution is -0.116. The topological polar surface area (TPSA) is 89.7 Å². The fraction of sp³-hybridized carbons (Fsp3) is 0.400. The van der Waals surface area contributed by atoms with Crippen LogP contribution in [-0.4, -0.2) is 35.5 Å². The van der Waals surface area contributed by atoms with E-state index in [1.807, 2.05) is 6.92 Å². The maximum absolute atomic E-state index is 12.7. The highest BCUT2D eigenvalue weighted by Crippen LogP contribution is 2.29. The minimum atomic E-state index is -0.945. The van der Waals surface area contributed by atoms with Gasteiger partial charge < -0.3 is 14.2 Å². The van der Waals surface area contributed by atoms with E-state index < -0.39 is 12.1 Å². The molecule has 7 nitrogen and oxygen atoms in total. The van der Waals surface area contributed by atoms with Crippen molar-refractivity contribution >= 4 is 23.3 Å².